The normalized spacial score (nSPS) is 12.5. The second kappa shape index (κ2) is 36.6. The molecule has 0 aromatic carbocycles. The van der Waals surface area contributed by atoms with Crippen LogP contribution in [0.15, 0.2) is 12.2 Å². The molecule has 0 aliphatic heterocycles. The predicted molar refractivity (Wildman–Crippen MR) is 202 cm³/mol. The van der Waals surface area contributed by atoms with E-state index in [2.05, 4.69) is 30.5 Å². The van der Waals surface area contributed by atoms with Crippen LogP contribution in [-0.4, -0.2) is 41.0 Å². The molecule has 9 heteroatoms. The van der Waals surface area contributed by atoms with Gasteiger partial charge in [-0.1, -0.05) is 180 Å². The molecule has 1 atom stereocenters. The van der Waals surface area contributed by atoms with Crippen molar-refractivity contribution >= 4 is 19.8 Å². The van der Waals surface area contributed by atoms with Crippen LogP contribution >= 0.6 is 7.82 Å². The molecular weight excluding hydrogens is 639 g/mol. The molecule has 0 aliphatic rings. The summed E-state index contributed by atoms with van der Waals surface area (Å²) in [6.45, 7) is 3.67. The lowest BCUT2D eigenvalue weighted by molar-refractivity contribution is -0.161. The summed E-state index contributed by atoms with van der Waals surface area (Å²) in [5.41, 5.74) is 0. The summed E-state index contributed by atoms with van der Waals surface area (Å²) in [6, 6.07) is 0. The fraction of sp³-hybridized carbons (Fsp3) is 0.900. The molecule has 0 aromatic heterocycles. The van der Waals surface area contributed by atoms with Gasteiger partial charge in [0, 0.05) is 12.8 Å². The molecule has 2 N–H and O–H groups in total. The smallest absolute Gasteiger partial charge is 0.462 e. The number of carbonyl (C=O) groups is 2. The van der Waals surface area contributed by atoms with E-state index < -0.39 is 32.5 Å². The van der Waals surface area contributed by atoms with Crippen molar-refractivity contribution in [2.24, 2.45) is 0 Å². The van der Waals surface area contributed by atoms with Crippen molar-refractivity contribution in [3.05, 3.63) is 12.2 Å². The Morgan fingerprint density at radius 1 is 0.510 bits per heavy atom. The van der Waals surface area contributed by atoms with E-state index in [0.29, 0.717) is 6.42 Å². The summed E-state index contributed by atoms with van der Waals surface area (Å²) in [7, 11) is -4.75. The van der Waals surface area contributed by atoms with Gasteiger partial charge in [-0.2, -0.15) is 0 Å². The summed E-state index contributed by atoms with van der Waals surface area (Å²) in [6.07, 6.45) is 39.3. The van der Waals surface area contributed by atoms with Gasteiger partial charge in [-0.15, -0.1) is 0 Å². The van der Waals surface area contributed by atoms with Gasteiger partial charge >= 0.3 is 19.8 Å². The average Bonchev–Trinajstić information content (AvgIpc) is 3.07. The first-order valence-corrected chi connectivity index (χ1v) is 22.0. The molecule has 0 amide bonds. The minimum atomic E-state index is -4.75. The van der Waals surface area contributed by atoms with Gasteiger partial charge in [0.1, 0.15) is 6.61 Å². The van der Waals surface area contributed by atoms with Crippen LogP contribution in [-0.2, 0) is 28.2 Å². The van der Waals surface area contributed by atoms with Crippen molar-refractivity contribution in [1.29, 1.82) is 0 Å². The molecule has 0 heterocycles. The fourth-order valence-corrected chi connectivity index (χ4v) is 6.30. The molecule has 0 saturated heterocycles. The number of allylic oxidation sites excluding steroid dienone is 2. The largest absolute Gasteiger partial charge is 0.469 e. The lowest BCUT2D eigenvalue weighted by Crippen LogP contribution is -2.29. The quantitative estimate of drug-likeness (QED) is 0.0280. The summed E-state index contributed by atoms with van der Waals surface area (Å²) < 4.78 is 26.4. The first-order valence-electron chi connectivity index (χ1n) is 20.5. The molecule has 290 valence electrons. The van der Waals surface area contributed by atoms with E-state index >= 15 is 0 Å². The first kappa shape index (κ1) is 47.8. The minimum Gasteiger partial charge on any atom is -0.462 e. The Bertz CT molecular complexity index is 812. The highest BCUT2D eigenvalue weighted by molar-refractivity contribution is 7.46. The SMILES string of the molecule is CCCC/C=C/CCCCCCCCCCCC(=O)O[C@H](COC(=O)CCCCCCCCCCCCCCCCCC)COP(=O)(O)O. The van der Waals surface area contributed by atoms with Gasteiger partial charge in [-0.25, -0.2) is 4.57 Å². The Kier molecular flexibility index (Phi) is 35.7. The van der Waals surface area contributed by atoms with E-state index in [1.807, 2.05) is 0 Å². The number of phosphoric ester groups is 1. The number of phosphoric acid groups is 1. The Morgan fingerprint density at radius 2 is 0.878 bits per heavy atom. The molecule has 0 rings (SSSR count). The molecule has 0 saturated carbocycles. The summed E-state index contributed by atoms with van der Waals surface area (Å²) >= 11 is 0. The lowest BCUT2D eigenvalue weighted by atomic mass is 10.0. The Morgan fingerprint density at radius 3 is 1.31 bits per heavy atom. The van der Waals surface area contributed by atoms with E-state index in [1.54, 1.807) is 0 Å². The van der Waals surface area contributed by atoms with Crippen LogP contribution in [0.5, 0.6) is 0 Å². The van der Waals surface area contributed by atoms with Crippen LogP contribution in [0.4, 0.5) is 0 Å². The van der Waals surface area contributed by atoms with Gasteiger partial charge in [0.2, 0.25) is 0 Å². The van der Waals surface area contributed by atoms with Gasteiger partial charge in [-0.3, -0.25) is 14.1 Å². The fourth-order valence-electron chi connectivity index (χ4n) is 5.94. The predicted octanol–water partition coefficient (Wildman–Crippen LogP) is 12.2. The van der Waals surface area contributed by atoms with Crippen molar-refractivity contribution < 1.29 is 37.9 Å². The third-order valence-corrected chi connectivity index (χ3v) is 9.52. The number of unbranched alkanes of at least 4 members (excludes halogenated alkanes) is 26. The Hall–Kier alpha value is -1.21. The maximum Gasteiger partial charge on any atom is 0.469 e. The number of ether oxygens (including phenoxy) is 2. The van der Waals surface area contributed by atoms with E-state index in [4.69, 9.17) is 19.3 Å². The molecule has 0 unspecified atom stereocenters. The maximum absolute atomic E-state index is 12.4. The van der Waals surface area contributed by atoms with Gasteiger partial charge in [0.25, 0.3) is 0 Å². The third-order valence-electron chi connectivity index (χ3n) is 9.03. The molecule has 49 heavy (non-hydrogen) atoms. The standard InChI is InChI=1S/C40H77O8P/c1-3-5-7-9-11-13-15-17-19-21-22-24-26-28-30-32-34-39(41)46-36-38(37-47-49(43,44)45)48-40(42)35-33-31-29-27-25-23-20-18-16-14-12-10-8-6-4-2/h10,12,38H,3-9,11,13-37H2,1-2H3,(H2,43,44,45)/b12-10+/t38-/m1/s1. The topological polar surface area (TPSA) is 119 Å². The van der Waals surface area contributed by atoms with Crippen molar-refractivity contribution in [1.82, 2.24) is 0 Å². The van der Waals surface area contributed by atoms with E-state index in [9.17, 15) is 14.2 Å². The molecule has 0 bridgehead atoms. The van der Waals surface area contributed by atoms with Gasteiger partial charge in [-0.05, 0) is 32.1 Å². The highest BCUT2D eigenvalue weighted by Crippen LogP contribution is 2.36. The van der Waals surface area contributed by atoms with Crippen LogP contribution in [0.2, 0.25) is 0 Å². The molecule has 0 spiro atoms. The van der Waals surface area contributed by atoms with Crippen molar-refractivity contribution in [2.75, 3.05) is 13.2 Å². The monoisotopic (exact) mass is 717 g/mol. The number of hydrogen-bond acceptors (Lipinski definition) is 6. The van der Waals surface area contributed by atoms with E-state index in [0.717, 1.165) is 38.5 Å². The number of carbonyl (C=O) groups excluding carboxylic acids is 2. The Labute approximate surface area is 301 Å². The van der Waals surface area contributed by atoms with Crippen LogP contribution in [0.3, 0.4) is 0 Å². The Balaban J connectivity index is 3.89. The molecular formula is C40H77O8P. The number of rotatable bonds is 38. The average molecular weight is 717 g/mol. The van der Waals surface area contributed by atoms with Crippen LogP contribution in [0, 0.1) is 0 Å². The minimum absolute atomic E-state index is 0.214. The van der Waals surface area contributed by atoms with Crippen LogP contribution in [0.1, 0.15) is 213 Å². The zero-order valence-electron chi connectivity index (χ0n) is 31.9. The zero-order chi connectivity index (χ0) is 36.1. The lowest BCUT2D eigenvalue weighted by Gasteiger charge is -2.18. The van der Waals surface area contributed by atoms with Gasteiger partial charge in [0.15, 0.2) is 6.10 Å². The van der Waals surface area contributed by atoms with Crippen molar-refractivity contribution in [3.63, 3.8) is 0 Å². The highest BCUT2D eigenvalue weighted by atomic mass is 31.2. The van der Waals surface area contributed by atoms with Crippen LogP contribution < -0.4 is 0 Å². The molecule has 8 nitrogen and oxygen atoms in total. The summed E-state index contributed by atoms with van der Waals surface area (Å²) in [5, 5.41) is 0. The van der Waals surface area contributed by atoms with Gasteiger partial charge < -0.3 is 19.3 Å². The third kappa shape index (κ3) is 39.4. The van der Waals surface area contributed by atoms with Crippen molar-refractivity contribution in [2.45, 2.75) is 219 Å². The molecule has 0 aliphatic carbocycles. The maximum atomic E-state index is 12.4. The number of esters is 2. The zero-order valence-corrected chi connectivity index (χ0v) is 32.8. The second-order valence-electron chi connectivity index (χ2n) is 14.0. The second-order valence-corrected chi connectivity index (χ2v) is 15.2. The van der Waals surface area contributed by atoms with E-state index in [1.165, 1.54) is 141 Å². The first-order chi connectivity index (χ1) is 23.8. The van der Waals surface area contributed by atoms with Gasteiger partial charge in [0.05, 0.1) is 6.61 Å². The molecule has 0 aromatic rings. The van der Waals surface area contributed by atoms with Crippen molar-refractivity contribution in [3.8, 4) is 0 Å². The molecule has 0 fully saturated rings. The highest BCUT2D eigenvalue weighted by Gasteiger charge is 2.22. The molecule has 0 radical (unpaired) electrons. The summed E-state index contributed by atoms with van der Waals surface area (Å²) in [5.74, 6) is -0.876. The summed E-state index contributed by atoms with van der Waals surface area (Å²) in [4.78, 5) is 42.8. The van der Waals surface area contributed by atoms with E-state index in [-0.39, 0.29) is 19.4 Å². The van der Waals surface area contributed by atoms with Crippen LogP contribution in [0.25, 0.3) is 0 Å². The number of hydrogen-bond donors (Lipinski definition) is 2.